The van der Waals surface area contributed by atoms with E-state index in [0.29, 0.717) is 19.3 Å². The summed E-state index contributed by atoms with van der Waals surface area (Å²) in [7, 11) is 0. The van der Waals surface area contributed by atoms with Crippen molar-refractivity contribution in [2.45, 2.75) is 271 Å². The van der Waals surface area contributed by atoms with Gasteiger partial charge in [0, 0.05) is 19.3 Å². The van der Waals surface area contributed by atoms with Crippen molar-refractivity contribution in [1.82, 2.24) is 0 Å². The highest BCUT2D eigenvalue weighted by Gasteiger charge is 2.19. The van der Waals surface area contributed by atoms with E-state index in [2.05, 4.69) is 93.7 Å². The molecule has 0 N–H and O–H groups in total. The number of hydrogen-bond donors (Lipinski definition) is 0. The molecule has 1 atom stereocenters. The van der Waals surface area contributed by atoms with Crippen LogP contribution < -0.4 is 0 Å². The van der Waals surface area contributed by atoms with Gasteiger partial charge in [0.1, 0.15) is 13.2 Å². The van der Waals surface area contributed by atoms with Crippen LogP contribution in [0.15, 0.2) is 72.9 Å². The number of unbranched alkanes of at least 4 members (excludes halogenated alkanes) is 26. The van der Waals surface area contributed by atoms with E-state index in [9.17, 15) is 14.4 Å². The molecule has 0 rings (SSSR count). The zero-order valence-corrected chi connectivity index (χ0v) is 42.7. The molecule has 0 aromatic carbocycles. The molecule has 0 unspecified atom stereocenters. The molecule has 0 heterocycles. The maximum absolute atomic E-state index is 12.8. The Labute approximate surface area is 402 Å². The van der Waals surface area contributed by atoms with Crippen LogP contribution in [0.3, 0.4) is 0 Å². The smallest absolute Gasteiger partial charge is 0.306 e. The summed E-state index contributed by atoms with van der Waals surface area (Å²) in [4.78, 5) is 38.1. The molecular weight excluding hydrogens is 805 g/mol. The van der Waals surface area contributed by atoms with Gasteiger partial charge in [-0.05, 0) is 109 Å². The topological polar surface area (TPSA) is 78.9 Å². The first kappa shape index (κ1) is 61.9. The van der Waals surface area contributed by atoms with Crippen molar-refractivity contribution >= 4 is 17.9 Å². The number of esters is 3. The van der Waals surface area contributed by atoms with E-state index >= 15 is 0 Å². The van der Waals surface area contributed by atoms with Crippen molar-refractivity contribution < 1.29 is 28.6 Å². The standard InChI is InChI=1S/C59H102O6/c1-4-7-10-13-16-19-22-25-28-29-32-34-37-40-43-46-49-52-58(61)64-55-56(65-59(62)53-50-47-44-41-38-35-31-27-24-21-18-15-12-9-6-3)54-63-57(60)51-48-45-42-39-36-33-30-26-23-20-17-14-11-8-5-2/h7,10,16,19,21,24-26,28,30,32,34,56H,4-6,8-9,11-15,17-18,20,22-23,27,29,31,33,35-55H2,1-3H3/b10-7-,19-16-,24-21-,28-25-,30-26-,34-32-/t56-/m0/s1. The highest BCUT2D eigenvalue weighted by molar-refractivity contribution is 5.71. The molecule has 6 heteroatoms. The van der Waals surface area contributed by atoms with Crippen LogP contribution in [-0.4, -0.2) is 37.2 Å². The molecule has 0 radical (unpaired) electrons. The first-order valence-corrected chi connectivity index (χ1v) is 27.4. The molecule has 65 heavy (non-hydrogen) atoms. The molecule has 0 aliphatic heterocycles. The minimum absolute atomic E-state index is 0.0890. The summed E-state index contributed by atoms with van der Waals surface area (Å²) in [6.45, 7) is 6.49. The highest BCUT2D eigenvalue weighted by Crippen LogP contribution is 2.14. The summed E-state index contributed by atoms with van der Waals surface area (Å²) >= 11 is 0. The molecule has 0 fully saturated rings. The maximum atomic E-state index is 12.8. The summed E-state index contributed by atoms with van der Waals surface area (Å²) in [5.74, 6) is -0.921. The number of carbonyl (C=O) groups excluding carboxylic acids is 3. The Morgan fingerprint density at radius 3 is 0.969 bits per heavy atom. The van der Waals surface area contributed by atoms with Gasteiger partial charge in [-0.1, -0.05) is 209 Å². The van der Waals surface area contributed by atoms with E-state index in [-0.39, 0.29) is 31.1 Å². The maximum Gasteiger partial charge on any atom is 0.306 e. The Bertz CT molecular complexity index is 1230. The van der Waals surface area contributed by atoms with Crippen LogP contribution in [0.1, 0.15) is 265 Å². The molecule has 0 saturated heterocycles. The van der Waals surface area contributed by atoms with E-state index in [0.717, 1.165) is 103 Å². The molecule has 0 aliphatic carbocycles. The van der Waals surface area contributed by atoms with E-state index in [4.69, 9.17) is 14.2 Å². The molecule has 0 amide bonds. The molecule has 0 saturated carbocycles. The van der Waals surface area contributed by atoms with E-state index < -0.39 is 6.10 Å². The van der Waals surface area contributed by atoms with Gasteiger partial charge in [0.15, 0.2) is 6.10 Å². The van der Waals surface area contributed by atoms with Crippen LogP contribution in [-0.2, 0) is 28.6 Å². The first-order chi connectivity index (χ1) is 32.0. The Kier molecular flexibility index (Phi) is 50.9. The van der Waals surface area contributed by atoms with Gasteiger partial charge in [-0.2, -0.15) is 0 Å². The fraction of sp³-hybridized carbons (Fsp3) is 0.746. The van der Waals surface area contributed by atoms with Crippen LogP contribution in [0.5, 0.6) is 0 Å². The second-order valence-electron chi connectivity index (χ2n) is 18.1. The summed E-state index contributed by atoms with van der Waals surface area (Å²) in [5.41, 5.74) is 0. The Hall–Kier alpha value is -3.15. The summed E-state index contributed by atoms with van der Waals surface area (Å²) < 4.78 is 16.8. The minimum atomic E-state index is -0.791. The van der Waals surface area contributed by atoms with Crippen LogP contribution >= 0.6 is 0 Å². The molecule has 0 aromatic heterocycles. The second kappa shape index (κ2) is 53.5. The minimum Gasteiger partial charge on any atom is -0.462 e. The monoisotopic (exact) mass is 907 g/mol. The lowest BCUT2D eigenvalue weighted by Crippen LogP contribution is -2.30. The second-order valence-corrected chi connectivity index (χ2v) is 18.1. The fourth-order valence-corrected chi connectivity index (χ4v) is 7.54. The van der Waals surface area contributed by atoms with Gasteiger partial charge in [-0.3, -0.25) is 14.4 Å². The average molecular weight is 907 g/mol. The van der Waals surface area contributed by atoms with E-state index in [1.54, 1.807) is 0 Å². The highest BCUT2D eigenvalue weighted by atomic mass is 16.6. The summed E-state index contributed by atoms with van der Waals surface area (Å²) in [6, 6.07) is 0. The Morgan fingerprint density at radius 1 is 0.323 bits per heavy atom. The number of carbonyl (C=O) groups is 3. The van der Waals surface area contributed by atoms with Gasteiger partial charge in [0.2, 0.25) is 0 Å². The van der Waals surface area contributed by atoms with Gasteiger partial charge < -0.3 is 14.2 Å². The Morgan fingerprint density at radius 2 is 0.600 bits per heavy atom. The molecule has 0 aliphatic rings. The van der Waals surface area contributed by atoms with Crippen molar-refractivity contribution in [3.05, 3.63) is 72.9 Å². The van der Waals surface area contributed by atoms with Gasteiger partial charge in [-0.15, -0.1) is 0 Å². The van der Waals surface area contributed by atoms with Crippen molar-refractivity contribution in [2.24, 2.45) is 0 Å². The third-order valence-electron chi connectivity index (χ3n) is 11.7. The molecule has 0 bridgehead atoms. The van der Waals surface area contributed by atoms with Gasteiger partial charge in [0.25, 0.3) is 0 Å². The molecular formula is C59H102O6. The predicted octanol–water partition coefficient (Wildman–Crippen LogP) is 18.2. The molecule has 0 aromatic rings. The lowest BCUT2D eigenvalue weighted by molar-refractivity contribution is -0.167. The predicted molar refractivity (Wildman–Crippen MR) is 279 cm³/mol. The largest absolute Gasteiger partial charge is 0.462 e. The lowest BCUT2D eigenvalue weighted by Gasteiger charge is -2.18. The van der Waals surface area contributed by atoms with Crippen molar-refractivity contribution in [1.29, 1.82) is 0 Å². The molecule has 6 nitrogen and oxygen atoms in total. The number of rotatable bonds is 49. The van der Waals surface area contributed by atoms with Gasteiger partial charge >= 0.3 is 17.9 Å². The van der Waals surface area contributed by atoms with Gasteiger partial charge in [0.05, 0.1) is 0 Å². The van der Waals surface area contributed by atoms with Crippen LogP contribution in [0.2, 0.25) is 0 Å². The normalized spacial score (nSPS) is 12.6. The van der Waals surface area contributed by atoms with Gasteiger partial charge in [-0.25, -0.2) is 0 Å². The van der Waals surface area contributed by atoms with E-state index in [1.165, 1.54) is 122 Å². The first-order valence-electron chi connectivity index (χ1n) is 27.4. The zero-order valence-electron chi connectivity index (χ0n) is 42.7. The lowest BCUT2D eigenvalue weighted by atomic mass is 10.1. The SMILES string of the molecule is CC/C=C\C/C=C\C/C=C\C/C=C\CCCCCCC(=O)OC[C@H](COC(=O)CCCCCCC/C=C\CCCCCCCC)OC(=O)CCCCCCCCC/C=C\CCCCCC. The zero-order chi connectivity index (χ0) is 47.2. The summed E-state index contributed by atoms with van der Waals surface area (Å²) in [6.07, 6.45) is 67.4. The number of hydrogen-bond acceptors (Lipinski definition) is 6. The van der Waals surface area contributed by atoms with Crippen LogP contribution in [0.4, 0.5) is 0 Å². The Balaban J connectivity index is 4.44. The number of allylic oxidation sites excluding steroid dienone is 12. The van der Waals surface area contributed by atoms with Crippen LogP contribution in [0.25, 0.3) is 0 Å². The van der Waals surface area contributed by atoms with Crippen molar-refractivity contribution in [2.75, 3.05) is 13.2 Å². The van der Waals surface area contributed by atoms with Crippen molar-refractivity contribution in [3.8, 4) is 0 Å². The molecule has 374 valence electrons. The van der Waals surface area contributed by atoms with Crippen molar-refractivity contribution in [3.63, 3.8) is 0 Å². The fourth-order valence-electron chi connectivity index (χ4n) is 7.54. The molecule has 0 spiro atoms. The third-order valence-corrected chi connectivity index (χ3v) is 11.7. The number of ether oxygens (including phenoxy) is 3. The quantitative estimate of drug-likeness (QED) is 0.0262. The third kappa shape index (κ3) is 51.7. The van der Waals surface area contributed by atoms with E-state index in [1.807, 2.05) is 0 Å². The average Bonchev–Trinajstić information content (AvgIpc) is 3.30. The summed E-state index contributed by atoms with van der Waals surface area (Å²) in [5, 5.41) is 0. The van der Waals surface area contributed by atoms with Crippen LogP contribution in [0, 0.1) is 0 Å².